The number of hydrogen-bond acceptors (Lipinski definition) is 4. The van der Waals surface area contributed by atoms with E-state index >= 15 is 0 Å². The van der Waals surface area contributed by atoms with Gasteiger partial charge in [0.25, 0.3) is 0 Å². The van der Waals surface area contributed by atoms with Crippen molar-refractivity contribution in [3.8, 4) is 0 Å². The molecule has 0 aliphatic heterocycles. The maximum Gasteiger partial charge on any atom is 0.117 e. The molecule has 0 bridgehead atoms. The molecule has 7 rings (SSSR count). The molecule has 0 amide bonds. The second-order valence-electron chi connectivity index (χ2n) is 8.71. The minimum absolute atomic E-state index is 1.02. The van der Waals surface area contributed by atoms with E-state index in [0.717, 1.165) is 32.2 Å². The minimum Gasteiger partial charge on any atom is -0.236 e. The number of rotatable bonds is 4. The first kappa shape index (κ1) is 21.2. The van der Waals surface area contributed by atoms with Crippen molar-refractivity contribution in [2.75, 3.05) is 0 Å². The molecule has 0 spiro atoms. The molecule has 5 aromatic carbocycles. The largest absolute Gasteiger partial charge is 0.236 e. The van der Waals surface area contributed by atoms with Crippen LogP contribution in [0.3, 0.4) is 0 Å². The average molecular weight is 497 g/mol. The highest BCUT2D eigenvalue weighted by atomic mass is 32.1. The lowest BCUT2D eigenvalue weighted by Crippen LogP contribution is -1.77. The van der Waals surface area contributed by atoms with Crippen LogP contribution in [0.4, 0.5) is 0 Å². The third-order valence-corrected chi connectivity index (χ3v) is 8.32. The van der Waals surface area contributed by atoms with E-state index < -0.39 is 0 Å². The molecule has 2 heterocycles. The fourth-order valence-electron chi connectivity index (χ4n) is 4.60. The first-order valence-electron chi connectivity index (χ1n) is 11.8. The molecule has 170 valence electrons. The van der Waals surface area contributed by atoms with Crippen molar-refractivity contribution in [3.05, 3.63) is 118 Å². The monoisotopic (exact) mass is 496 g/mol. The minimum atomic E-state index is 1.02. The highest BCUT2D eigenvalue weighted by Crippen LogP contribution is 2.31. The molecule has 0 aliphatic carbocycles. The second kappa shape index (κ2) is 8.83. The Balaban J connectivity index is 1.16. The van der Waals surface area contributed by atoms with Gasteiger partial charge in [-0.15, -0.1) is 22.7 Å². The van der Waals surface area contributed by atoms with Crippen molar-refractivity contribution in [1.82, 2.24) is 9.97 Å². The molecule has 2 aromatic heterocycles. The Morgan fingerprint density at radius 1 is 0.472 bits per heavy atom. The van der Waals surface area contributed by atoms with Gasteiger partial charge in [0.05, 0.1) is 20.4 Å². The molecule has 7 aromatic rings. The van der Waals surface area contributed by atoms with Crippen molar-refractivity contribution < 1.29 is 0 Å². The summed E-state index contributed by atoms with van der Waals surface area (Å²) in [5.41, 5.74) is 4.46. The van der Waals surface area contributed by atoms with Gasteiger partial charge in [0.2, 0.25) is 0 Å². The van der Waals surface area contributed by atoms with Crippen LogP contribution in [0.5, 0.6) is 0 Å². The zero-order valence-corrected chi connectivity index (χ0v) is 20.9. The van der Waals surface area contributed by atoms with E-state index in [1.54, 1.807) is 22.7 Å². The molecule has 36 heavy (non-hydrogen) atoms. The smallest absolute Gasteiger partial charge is 0.117 e. The van der Waals surface area contributed by atoms with Gasteiger partial charge < -0.3 is 0 Å². The van der Waals surface area contributed by atoms with Crippen LogP contribution in [0.1, 0.15) is 21.1 Å². The van der Waals surface area contributed by atoms with Crippen LogP contribution < -0.4 is 0 Å². The van der Waals surface area contributed by atoms with E-state index in [-0.39, 0.29) is 0 Å². The van der Waals surface area contributed by atoms with Gasteiger partial charge in [0, 0.05) is 10.8 Å². The highest BCUT2D eigenvalue weighted by molar-refractivity contribution is 7.19. The van der Waals surface area contributed by atoms with Gasteiger partial charge in [0.1, 0.15) is 10.0 Å². The SMILES string of the molecule is C(=Cc1nc2c(ccc3ccccc32)s1)c1cccc(C=Cc2nc3c(ccc4ccccc43)s2)c1. The van der Waals surface area contributed by atoms with Crippen LogP contribution in [0.2, 0.25) is 0 Å². The molecule has 0 radical (unpaired) electrons. The number of nitrogens with zero attached hydrogens (tertiary/aromatic N) is 2. The Morgan fingerprint density at radius 3 is 1.50 bits per heavy atom. The summed E-state index contributed by atoms with van der Waals surface area (Å²) >= 11 is 3.45. The summed E-state index contributed by atoms with van der Waals surface area (Å²) in [7, 11) is 0. The topological polar surface area (TPSA) is 25.8 Å². The molecule has 0 saturated carbocycles. The Morgan fingerprint density at radius 2 is 0.972 bits per heavy atom. The summed E-state index contributed by atoms with van der Waals surface area (Å²) in [4.78, 5) is 9.82. The summed E-state index contributed by atoms with van der Waals surface area (Å²) < 4.78 is 2.43. The van der Waals surface area contributed by atoms with E-state index in [1.165, 1.54) is 30.9 Å². The van der Waals surface area contributed by atoms with Gasteiger partial charge in [-0.05, 0) is 52.3 Å². The second-order valence-corrected chi connectivity index (χ2v) is 10.8. The molecule has 0 N–H and O–H groups in total. The molecule has 0 atom stereocenters. The summed E-state index contributed by atoms with van der Waals surface area (Å²) in [6.45, 7) is 0. The van der Waals surface area contributed by atoms with Crippen molar-refractivity contribution in [3.63, 3.8) is 0 Å². The quantitative estimate of drug-likeness (QED) is 0.242. The van der Waals surface area contributed by atoms with E-state index in [2.05, 4.69) is 121 Å². The van der Waals surface area contributed by atoms with Crippen LogP contribution in [0, 0.1) is 0 Å². The van der Waals surface area contributed by atoms with Crippen molar-refractivity contribution >= 4 is 89.0 Å². The summed E-state index contributed by atoms with van der Waals surface area (Å²) in [6.07, 6.45) is 8.50. The number of hydrogen-bond donors (Lipinski definition) is 0. The Kier molecular flexibility index (Phi) is 5.20. The number of benzene rings is 5. The average Bonchev–Trinajstić information content (AvgIpc) is 3.55. The zero-order chi connectivity index (χ0) is 23.9. The Hall–Kier alpha value is -4.12. The zero-order valence-electron chi connectivity index (χ0n) is 19.3. The fourth-order valence-corrected chi connectivity index (χ4v) is 6.37. The highest BCUT2D eigenvalue weighted by Gasteiger charge is 2.07. The third-order valence-electron chi connectivity index (χ3n) is 6.35. The number of fused-ring (bicyclic) bond motifs is 6. The molecule has 0 saturated heterocycles. The molecule has 0 aliphatic rings. The van der Waals surface area contributed by atoms with Gasteiger partial charge in [-0.2, -0.15) is 0 Å². The van der Waals surface area contributed by atoms with Crippen LogP contribution in [-0.2, 0) is 0 Å². The Bertz CT molecular complexity index is 1820. The van der Waals surface area contributed by atoms with Gasteiger partial charge in [-0.1, -0.05) is 91.0 Å². The predicted octanol–water partition coefficient (Wildman–Crippen LogP) is 9.55. The molecular formula is C32H20N2S2. The van der Waals surface area contributed by atoms with Gasteiger partial charge in [-0.3, -0.25) is 0 Å². The van der Waals surface area contributed by atoms with Crippen molar-refractivity contribution in [1.29, 1.82) is 0 Å². The Labute approximate surface area is 216 Å². The van der Waals surface area contributed by atoms with Gasteiger partial charge in [-0.25, -0.2) is 9.97 Å². The van der Waals surface area contributed by atoms with Crippen molar-refractivity contribution in [2.45, 2.75) is 0 Å². The summed E-state index contributed by atoms with van der Waals surface area (Å²) in [6, 6.07) is 34.1. The van der Waals surface area contributed by atoms with Crippen LogP contribution in [0.15, 0.2) is 97.1 Å². The third kappa shape index (κ3) is 3.91. The molecule has 4 heteroatoms. The van der Waals surface area contributed by atoms with Crippen LogP contribution >= 0.6 is 22.7 Å². The van der Waals surface area contributed by atoms with E-state index in [0.29, 0.717) is 0 Å². The molecule has 2 nitrogen and oxygen atoms in total. The van der Waals surface area contributed by atoms with E-state index in [9.17, 15) is 0 Å². The van der Waals surface area contributed by atoms with Gasteiger partial charge >= 0.3 is 0 Å². The standard InChI is InChI=1S/C32H20N2S2/c1-3-10-25-23(8-1)14-16-27-31(25)33-29(35-27)18-12-21-6-5-7-22(20-21)13-19-30-34-32-26-11-4-2-9-24(26)15-17-28(32)36-30/h1-20H. The first-order valence-corrected chi connectivity index (χ1v) is 13.5. The van der Waals surface area contributed by atoms with Crippen molar-refractivity contribution in [2.24, 2.45) is 0 Å². The van der Waals surface area contributed by atoms with Gasteiger partial charge in [0.15, 0.2) is 0 Å². The predicted molar refractivity (Wildman–Crippen MR) is 159 cm³/mol. The van der Waals surface area contributed by atoms with Crippen LogP contribution in [0.25, 0.3) is 66.3 Å². The summed E-state index contributed by atoms with van der Waals surface area (Å²) in [5.74, 6) is 0. The first-order chi connectivity index (χ1) is 17.8. The lowest BCUT2D eigenvalue weighted by atomic mass is 10.1. The lowest BCUT2D eigenvalue weighted by Gasteiger charge is -1.97. The van der Waals surface area contributed by atoms with E-state index in [4.69, 9.17) is 9.97 Å². The molecular weight excluding hydrogens is 477 g/mol. The molecule has 0 unspecified atom stereocenters. The summed E-state index contributed by atoms with van der Waals surface area (Å²) in [5, 5.41) is 6.91. The maximum atomic E-state index is 4.91. The number of aromatic nitrogens is 2. The molecule has 0 fully saturated rings. The van der Waals surface area contributed by atoms with Crippen LogP contribution in [-0.4, -0.2) is 9.97 Å². The normalized spacial score (nSPS) is 12.2. The van der Waals surface area contributed by atoms with E-state index in [1.807, 2.05) is 0 Å². The number of thiazole rings is 2. The maximum absolute atomic E-state index is 4.91. The fraction of sp³-hybridized carbons (Fsp3) is 0. The lowest BCUT2D eigenvalue weighted by molar-refractivity contribution is 1.48.